The van der Waals surface area contributed by atoms with E-state index in [0.717, 1.165) is 49.6 Å². The van der Waals surface area contributed by atoms with Crippen molar-refractivity contribution in [2.75, 3.05) is 25.0 Å². The van der Waals surface area contributed by atoms with Crippen LogP contribution in [-0.2, 0) is 13.0 Å². The summed E-state index contributed by atoms with van der Waals surface area (Å²) in [5.74, 6) is 1.21. The molecule has 0 amide bonds. The first-order valence-corrected chi connectivity index (χ1v) is 6.98. The molecule has 0 radical (unpaired) electrons. The van der Waals surface area contributed by atoms with Gasteiger partial charge in [-0.3, -0.25) is 0 Å². The lowest BCUT2D eigenvalue weighted by Crippen LogP contribution is -2.30. The fraction of sp³-hybridized carbons (Fsp3) is 0.643. The van der Waals surface area contributed by atoms with Crippen molar-refractivity contribution in [1.29, 1.82) is 5.26 Å². The lowest BCUT2D eigenvalue weighted by Gasteiger charge is -2.25. The number of nitrogens with zero attached hydrogens (tertiary/aromatic N) is 4. The van der Waals surface area contributed by atoms with Crippen LogP contribution in [0.2, 0.25) is 0 Å². The quantitative estimate of drug-likeness (QED) is 0.814. The van der Waals surface area contributed by atoms with Gasteiger partial charge in [0.2, 0.25) is 5.82 Å². The van der Waals surface area contributed by atoms with E-state index in [2.05, 4.69) is 33.2 Å². The summed E-state index contributed by atoms with van der Waals surface area (Å²) >= 11 is 0. The lowest BCUT2D eigenvalue weighted by atomic mass is 10.1. The summed E-state index contributed by atoms with van der Waals surface area (Å²) in [5.41, 5.74) is 2.19. The second-order valence-electron chi connectivity index (χ2n) is 4.96. The van der Waals surface area contributed by atoms with Crippen LogP contribution in [0.15, 0.2) is 0 Å². The van der Waals surface area contributed by atoms with Crippen LogP contribution in [0.1, 0.15) is 43.3 Å². The molecule has 102 valence electrons. The summed E-state index contributed by atoms with van der Waals surface area (Å²) in [7, 11) is 2.05. The molecule has 1 aliphatic rings. The average molecular weight is 259 g/mol. The van der Waals surface area contributed by atoms with Crippen molar-refractivity contribution in [3.8, 4) is 6.07 Å². The first-order valence-electron chi connectivity index (χ1n) is 6.98. The molecule has 0 unspecified atom stereocenters. The number of rotatable bonds is 5. The first kappa shape index (κ1) is 13.8. The summed E-state index contributed by atoms with van der Waals surface area (Å²) in [5, 5.41) is 12.4. The summed E-state index contributed by atoms with van der Waals surface area (Å²) in [6.07, 6.45) is 4.46. The van der Waals surface area contributed by atoms with Gasteiger partial charge in [-0.1, -0.05) is 19.8 Å². The van der Waals surface area contributed by atoms with E-state index in [-0.39, 0.29) is 5.82 Å². The molecule has 1 aromatic heterocycles. The largest absolute Gasteiger partial charge is 0.359 e. The Morgan fingerprint density at radius 1 is 1.37 bits per heavy atom. The Labute approximate surface area is 114 Å². The highest BCUT2D eigenvalue weighted by Gasteiger charge is 2.19. The normalized spacial score (nSPS) is 13.7. The molecule has 1 N–H and O–H groups in total. The van der Waals surface area contributed by atoms with E-state index in [1.807, 2.05) is 7.05 Å². The molecule has 2 rings (SSSR count). The van der Waals surface area contributed by atoms with E-state index in [1.54, 1.807) is 0 Å². The third-order valence-corrected chi connectivity index (χ3v) is 3.47. The smallest absolute Gasteiger partial charge is 0.234 e. The van der Waals surface area contributed by atoms with Crippen LogP contribution in [0.4, 0.5) is 5.82 Å². The highest BCUT2D eigenvalue weighted by atomic mass is 15.2. The fourth-order valence-corrected chi connectivity index (χ4v) is 2.40. The molecule has 0 fully saturated rings. The van der Waals surface area contributed by atoms with Gasteiger partial charge in [0.15, 0.2) is 0 Å². The minimum absolute atomic E-state index is 0.290. The van der Waals surface area contributed by atoms with Crippen LogP contribution in [-0.4, -0.2) is 30.1 Å². The Bertz CT molecular complexity index is 477. The lowest BCUT2D eigenvalue weighted by molar-refractivity contribution is 0.618. The summed E-state index contributed by atoms with van der Waals surface area (Å²) in [6.45, 7) is 4.90. The van der Waals surface area contributed by atoms with Gasteiger partial charge in [-0.05, 0) is 6.42 Å². The molecule has 0 spiro atoms. The maximum absolute atomic E-state index is 9.05. The summed E-state index contributed by atoms with van der Waals surface area (Å²) in [4.78, 5) is 10.9. The molecule has 5 heteroatoms. The third-order valence-electron chi connectivity index (χ3n) is 3.47. The van der Waals surface area contributed by atoms with Crippen molar-refractivity contribution in [3.05, 3.63) is 17.1 Å². The molecule has 1 aliphatic heterocycles. The van der Waals surface area contributed by atoms with Crippen molar-refractivity contribution in [1.82, 2.24) is 15.3 Å². The van der Waals surface area contributed by atoms with Crippen LogP contribution in [0.25, 0.3) is 0 Å². The molecule has 0 aliphatic carbocycles. The van der Waals surface area contributed by atoms with E-state index in [0.29, 0.717) is 0 Å². The molecular formula is C14H21N5. The van der Waals surface area contributed by atoms with Gasteiger partial charge in [-0.25, -0.2) is 9.97 Å². The predicted molar refractivity (Wildman–Crippen MR) is 75.0 cm³/mol. The van der Waals surface area contributed by atoms with Crippen LogP contribution in [0, 0.1) is 11.3 Å². The number of hydrogen-bond acceptors (Lipinski definition) is 5. The first-order chi connectivity index (χ1) is 9.26. The third kappa shape index (κ3) is 3.21. The number of aromatic nitrogens is 2. The van der Waals surface area contributed by atoms with Gasteiger partial charge in [0.25, 0.3) is 0 Å². The summed E-state index contributed by atoms with van der Waals surface area (Å²) < 4.78 is 0. The van der Waals surface area contributed by atoms with E-state index in [4.69, 9.17) is 5.26 Å². The molecule has 0 bridgehead atoms. The second kappa shape index (κ2) is 6.48. The van der Waals surface area contributed by atoms with Crippen molar-refractivity contribution >= 4 is 5.82 Å². The zero-order valence-corrected chi connectivity index (χ0v) is 11.7. The van der Waals surface area contributed by atoms with Crippen LogP contribution in [0.5, 0.6) is 0 Å². The van der Waals surface area contributed by atoms with Crippen molar-refractivity contribution in [2.24, 2.45) is 0 Å². The zero-order chi connectivity index (χ0) is 13.7. The van der Waals surface area contributed by atoms with Gasteiger partial charge < -0.3 is 10.2 Å². The monoisotopic (exact) mass is 259 g/mol. The number of nitrogens with one attached hydrogen (secondary N) is 1. The Kier molecular flexibility index (Phi) is 4.69. The molecule has 1 aromatic rings. The van der Waals surface area contributed by atoms with Gasteiger partial charge in [0, 0.05) is 38.7 Å². The standard InChI is InChI=1S/C14H21N5/c1-3-4-5-8-19(2)14-11-10-16-7-6-12(11)17-13(9-15)18-14/h16H,3-8,10H2,1-2H3. The van der Waals surface area contributed by atoms with Gasteiger partial charge in [-0.15, -0.1) is 0 Å². The Balaban J connectivity index is 2.25. The molecule has 0 atom stereocenters. The molecule has 0 saturated heterocycles. The van der Waals surface area contributed by atoms with Gasteiger partial charge in [0.05, 0.1) is 5.69 Å². The maximum Gasteiger partial charge on any atom is 0.234 e. The number of unbranched alkanes of at least 4 members (excludes halogenated alkanes) is 2. The van der Waals surface area contributed by atoms with Gasteiger partial charge in [0.1, 0.15) is 11.9 Å². The topological polar surface area (TPSA) is 64.8 Å². The number of hydrogen-bond donors (Lipinski definition) is 1. The number of fused-ring (bicyclic) bond motifs is 1. The minimum atomic E-state index is 0.290. The van der Waals surface area contributed by atoms with Crippen LogP contribution >= 0.6 is 0 Å². The Morgan fingerprint density at radius 3 is 2.95 bits per heavy atom. The highest BCUT2D eigenvalue weighted by molar-refractivity contribution is 5.50. The SMILES string of the molecule is CCCCCN(C)c1nc(C#N)nc2c1CNCC2. The Hall–Kier alpha value is -1.67. The fourth-order valence-electron chi connectivity index (χ4n) is 2.40. The maximum atomic E-state index is 9.05. The molecule has 2 heterocycles. The molecule has 0 saturated carbocycles. The molecule has 0 aromatic carbocycles. The van der Waals surface area contributed by atoms with E-state index >= 15 is 0 Å². The van der Waals surface area contributed by atoms with Crippen molar-refractivity contribution < 1.29 is 0 Å². The molecule has 5 nitrogen and oxygen atoms in total. The zero-order valence-electron chi connectivity index (χ0n) is 11.7. The number of anilines is 1. The van der Waals surface area contributed by atoms with Crippen molar-refractivity contribution in [2.45, 2.75) is 39.2 Å². The van der Waals surface area contributed by atoms with Gasteiger partial charge in [-0.2, -0.15) is 5.26 Å². The highest BCUT2D eigenvalue weighted by Crippen LogP contribution is 2.23. The van der Waals surface area contributed by atoms with E-state index < -0.39 is 0 Å². The predicted octanol–water partition coefficient (Wildman–Crippen LogP) is 1.62. The van der Waals surface area contributed by atoms with Crippen molar-refractivity contribution in [3.63, 3.8) is 0 Å². The summed E-state index contributed by atoms with van der Waals surface area (Å²) in [6, 6.07) is 2.07. The van der Waals surface area contributed by atoms with E-state index in [1.165, 1.54) is 12.8 Å². The van der Waals surface area contributed by atoms with Crippen LogP contribution < -0.4 is 10.2 Å². The van der Waals surface area contributed by atoms with Gasteiger partial charge >= 0.3 is 0 Å². The Morgan fingerprint density at radius 2 is 2.21 bits per heavy atom. The average Bonchev–Trinajstić information content (AvgIpc) is 2.46. The van der Waals surface area contributed by atoms with E-state index in [9.17, 15) is 0 Å². The second-order valence-corrected chi connectivity index (χ2v) is 4.96. The van der Waals surface area contributed by atoms with Crippen LogP contribution in [0.3, 0.4) is 0 Å². The molecular weight excluding hydrogens is 238 g/mol. The minimum Gasteiger partial charge on any atom is -0.359 e. The molecule has 19 heavy (non-hydrogen) atoms. The number of nitriles is 1.